The first kappa shape index (κ1) is 16.5. The van der Waals surface area contributed by atoms with Crippen molar-refractivity contribution in [2.24, 2.45) is 16.2 Å². The molecular weight excluding hydrogens is 236 g/mol. The smallest absolute Gasteiger partial charge is 0.229 e. The van der Waals surface area contributed by atoms with Gasteiger partial charge in [0, 0.05) is 26.2 Å². The van der Waals surface area contributed by atoms with Gasteiger partial charge in [-0.1, -0.05) is 48.5 Å². The number of hydrogen-bond acceptors (Lipinski definition) is 2. The Morgan fingerprint density at radius 2 is 1.47 bits per heavy atom. The largest absolute Gasteiger partial charge is 0.340 e. The summed E-state index contributed by atoms with van der Waals surface area (Å²) in [5.41, 5.74) is -0.170. The molecule has 0 aliphatic carbocycles. The molecule has 1 aliphatic rings. The number of carbonyl (C=O) groups is 1. The van der Waals surface area contributed by atoms with Crippen LogP contribution in [0.3, 0.4) is 0 Å². The number of nitrogens with zero attached hydrogens (tertiary/aromatic N) is 1. The third-order valence-electron chi connectivity index (χ3n) is 4.42. The van der Waals surface area contributed by atoms with Gasteiger partial charge in [-0.25, -0.2) is 0 Å². The Bertz CT molecular complexity index is 319. The average Bonchev–Trinajstić information content (AvgIpc) is 2.25. The maximum Gasteiger partial charge on any atom is 0.229 e. The van der Waals surface area contributed by atoms with Crippen LogP contribution in [0.2, 0.25) is 0 Å². The lowest BCUT2D eigenvalue weighted by atomic mass is 9.60. The van der Waals surface area contributed by atoms with Gasteiger partial charge in [0.2, 0.25) is 5.91 Å². The van der Waals surface area contributed by atoms with Crippen molar-refractivity contribution in [3.63, 3.8) is 0 Å². The first-order valence-corrected chi connectivity index (χ1v) is 7.47. The highest BCUT2D eigenvalue weighted by molar-refractivity contribution is 5.83. The van der Waals surface area contributed by atoms with E-state index in [9.17, 15) is 4.79 Å². The highest BCUT2D eigenvalue weighted by atomic mass is 16.2. The molecule has 19 heavy (non-hydrogen) atoms. The van der Waals surface area contributed by atoms with Gasteiger partial charge in [-0.2, -0.15) is 0 Å². The summed E-state index contributed by atoms with van der Waals surface area (Å²) in [5, 5.41) is 3.31. The minimum atomic E-state index is -0.303. The molecule has 1 rings (SSSR count). The summed E-state index contributed by atoms with van der Waals surface area (Å²) >= 11 is 0. The predicted octanol–water partition coefficient (Wildman–Crippen LogP) is 2.91. The number of nitrogens with one attached hydrogen (secondary N) is 1. The highest BCUT2D eigenvalue weighted by Crippen LogP contribution is 2.47. The summed E-state index contributed by atoms with van der Waals surface area (Å²) in [4.78, 5) is 15.1. The normalized spacial score (nSPS) is 21.1. The number of carbonyl (C=O) groups excluding carboxylic acids is 1. The molecule has 0 saturated carbocycles. The van der Waals surface area contributed by atoms with E-state index in [-0.39, 0.29) is 16.2 Å². The third kappa shape index (κ3) is 3.95. The Balaban J connectivity index is 2.99. The SMILES string of the molecule is CC(C)(C)CC(C)(C(=O)N1CCNCC1)C(C)(C)C. The Morgan fingerprint density at radius 1 is 1.00 bits per heavy atom. The second-order valence-electron chi connectivity index (χ2n) is 8.36. The van der Waals surface area contributed by atoms with E-state index in [1.165, 1.54) is 0 Å². The van der Waals surface area contributed by atoms with Crippen molar-refractivity contribution in [3.05, 3.63) is 0 Å². The molecule has 1 fully saturated rings. The number of hydrogen-bond donors (Lipinski definition) is 1. The molecule has 112 valence electrons. The lowest BCUT2D eigenvalue weighted by Crippen LogP contribution is -2.55. The fraction of sp³-hybridized carbons (Fsp3) is 0.938. The lowest BCUT2D eigenvalue weighted by Gasteiger charge is -2.47. The molecule has 1 saturated heterocycles. The van der Waals surface area contributed by atoms with Crippen LogP contribution in [0.5, 0.6) is 0 Å². The van der Waals surface area contributed by atoms with Crippen molar-refractivity contribution in [3.8, 4) is 0 Å². The molecule has 0 aromatic heterocycles. The zero-order valence-electron chi connectivity index (χ0n) is 13.9. The standard InChI is InChI=1S/C16H32N2O/c1-14(2,3)12-16(7,15(4,5)6)13(19)18-10-8-17-9-11-18/h17H,8-12H2,1-7H3. The average molecular weight is 268 g/mol. The first-order chi connectivity index (χ1) is 8.47. The lowest BCUT2D eigenvalue weighted by molar-refractivity contribution is -0.151. The van der Waals surface area contributed by atoms with E-state index >= 15 is 0 Å². The van der Waals surface area contributed by atoms with Crippen LogP contribution in [0.25, 0.3) is 0 Å². The third-order valence-corrected chi connectivity index (χ3v) is 4.42. The van der Waals surface area contributed by atoms with E-state index in [1.807, 2.05) is 4.90 Å². The molecule has 1 N–H and O–H groups in total. The Hall–Kier alpha value is -0.570. The molecule has 1 heterocycles. The molecule has 1 aliphatic heterocycles. The van der Waals surface area contributed by atoms with Crippen LogP contribution in [0.15, 0.2) is 0 Å². The van der Waals surface area contributed by atoms with E-state index < -0.39 is 0 Å². The predicted molar refractivity (Wildman–Crippen MR) is 81.1 cm³/mol. The van der Waals surface area contributed by atoms with Gasteiger partial charge in [-0.15, -0.1) is 0 Å². The van der Waals surface area contributed by atoms with Gasteiger partial charge < -0.3 is 10.2 Å². The second kappa shape index (κ2) is 5.43. The van der Waals surface area contributed by atoms with Gasteiger partial charge in [0.25, 0.3) is 0 Å². The van der Waals surface area contributed by atoms with Crippen LogP contribution in [-0.4, -0.2) is 37.0 Å². The zero-order valence-corrected chi connectivity index (χ0v) is 13.9. The van der Waals surface area contributed by atoms with Crippen molar-refractivity contribution in [2.45, 2.75) is 54.9 Å². The minimum Gasteiger partial charge on any atom is -0.340 e. The Kier molecular flexibility index (Phi) is 4.71. The van der Waals surface area contributed by atoms with Crippen molar-refractivity contribution in [2.75, 3.05) is 26.2 Å². The maximum absolute atomic E-state index is 13.0. The van der Waals surface area contributed by atoms with Crippen LogP contribution in [0, 0.1) is 16.2 Å². The van der Waals surface area contributed by atoms with Gasteiger partial charge in [-0.05, 0) is 17.3 Å². The summed E-state index contributed by atoms with van der Waals surface area (Å²) in [6.45, 7) is 18.9. The van der Waals surface area contributed by atoms with Gasteiger partial charge >= 0.3 is 0 Å². The zero-order chi connectivity index (χ0) is 14.9. The van der Waals surface area contributed by atoms with Crippen molar-refractivity contribution >= 4 is 5.91 Å². The van der Waals surface area contributed by atoms with Crippen molar-refractivity contribution < 1.29 is 4.79 Å². The Labute approximate surface area is 119 Å². The van der Waals surface area contributed by atoms with E-state index in [0.29, 0.717) is 5.91 Å². The molecule has 0 radical (unpaired) electrons. The van der Waals surface area contributed by atoms with Crippen LogP contribution in [-0.2, 0) is 4.79 Å². The first-order valence-electron chi connectivity index (χ1n) is 7.47. The molecule has 0 spiro atoms. The topological polar surface area (TPSA) is 32.3 Å². The maximum atomic E-state index is 13.0. The number of rotatable bonds is 2. The van der Waals surface area contributed by atoms with Crippen LogP contribution in [0.1, 0.15) is 54.9 Å². The minimum absolute atomic E-state index is 0.0256. The summed E-state index contributed by atoms with van der Waals surface area (Å²) in [6, 6.07) is 0. The van der Waals surface area contributed by atoms with E-state index in [1.54, 1.807) is 0 Å². The second-order valence-corrected chi connectivity index (χ2v) is 8.36. The molecular formula is C16H32N2O. The van der Waals surface area contributed by atoms with E-state index in [4.69, 9.17) is 0 Å². The molecule has 3 heteroatoms. The summed E-state index contributed by atoms with van der Waals surface area (Å²) in [5.74, 6) is 0.330. The van der Waals surface area contributed by atoms with Gasteiger partial charge in [0.1, 0.15) is 0 Å². The van der Waals surface area contributed by atoms with Crippen molar-refractivity contribution in [1.82, 2.24) is 10.2 Å². The number of amides is 1. The molecule has 3 nitrogen and oxygen atoms in total. The van der Waals surface area contributed by atoms with Gasteiger partial charge in [-0.3, -0.25) is 4.79 Å². The molecule has 1 atom stereocenters. The molecule has 1 unspecified atom stereocenters. The van der Waals surface area contributed by atoms with Gasteiger partial charge in [0.05, 0.1) is 5.41 Å². The summed E-state index contributed by atoms with van der Waals surface area (Å²) in [7, 11) is 0. The summed E-state index contributed by atoms with van der Waals surface area (Å²) in [6.07, 6.45) is 0.923. The van der Waals surface area contributed by atoms with E-state index in [0.717, 1.165) is 32.6 Å². The molecule has 1 amide bonds. The fourth-order valence-electron chi connectivity index (χ4n) is 2.94. The molecule has 0 aromatic rings. The fourth-order valence-corrected chi connectivity index (χ4v) is 2.94. The molecule has 0 aromatic carbocycles. The van der Waals surface area contributed by atoms with Crippen LogP contribution < -0.4 is 5.32 Å². The van der Waals surface area contributed by atoms with E-state index in [2.05, 4.69) is 53.8 Å². The Morgan fingerprint density at radius 3 is 1.84 bits per heavy atom. The molecule has 0 bridgehead atoms. The van der Waals surface area contributed by atoms with Gasteiger partial charge in [0.15, 0.2) is 0 Å². The quantitative estimate of drug-likeness (QED) is 0.835. The van der Waals surface area contributed by atoms with Crippen molar-refractivity contribution in [1.29, 1.82) is 0 Å². The summed E-state index contributed by atoms with van der Waals surface area (Å²) < 4.78 is 0. The monoisotopic (exact) mass is 268 g/mol. The number of piperazine rings is 1. The van der Waals surface area contributed by atoms with Crippen LogP contribution >= 0.6 is 0 Å². The highest BCUT2D eigenvalue weighted by Gasteiger charge is 2.48. The van der Waals surface area contributed by atoms with Crippen LogP contribution in [0.4, 0.5) is 0 Å².